The summed E-state index contributed by atoms with van der Waals surface area (Å²) in [5.74, 6) is 0.0513. The molecule has 4 nitrogen and oxygen atoms in total. The van der Waals surface area contributed by atoms with E-state index in [4.69, 9.17) is 11.6 Å². The maximum Gasteiger partial charge on any atom is 0.231 e. The molecule has 1 unspecified atom stereocenters. The summed E-state index contributed by atoms with van der Waals surface area (Å²) < 4.78 is 0. The third kappa shape index (κ3) is 3.78. The molecule has 5 rings (SSSR count). The minimum atomic E-state index is -0.226. The summed E-state index contributed by atoms with van der Waals surface area (Å²) in [4.78, 5) is 17.5. The molecular weight excluding hydrogens is 420 g/mol. The highest BCUT2D eigenvalue weighted by Crippen LogP contribution is 2.41. The summed E-state index contributed by atoms with van der Waals surface area (Å²) >= 11 is 6.38. The summed E-state index contributed by atoms with van der Waals surface area (Å²) in [6.07, 6.45) is 0. The van der Waals surface area contributed by atoms with Gasteiger partial charge < -0.3 is 14.9 Å². The van der Waals surface area contributed by atoms with Crippen molar-refractivity contribution in [1.29, 1.82) is 0 Å². The Morgan fingerprint density at radius 3 is 2.44 bits per heavy atom. The minimum Gasteiger partial charge on any atom is -0.508 e. The highest BCUT2D eigenvalue weighted by Gasteiger charge is 2.32. The second-order valence-corrected chi connectivity index (χ2v) is 8.70. The molecule has 1 N–H and O–H groups in total. The van der Waals surface area contributed by atoms with Gasteiger partial charge in [-0.25, -0.2) is 0 Å². The van der Waals surface area contributed by atoms with E-state index in [1.807, 2.05) is 54.3 Å². The van der Waals surface area contributed by atoms with Crippen LogP contribution in [0.3, 0.4) is 0 Å². The van der Waals surface area contributed by atoms with Crippen molar-refractivity contribution in [3.63, 3.8) is 0 Å². The lowest BCUT2D eigenvalue weighted by Crippen LogP contribution is -2.35. The Morgan fingerprint density at radius 2 is 1.66 bits per heavy atom. The molecule has 0 aromatic heterocycles. The Bertz CT molecular complexity index is 1300. The molecule has 4 aromatic carbocycles. The van der Waals surface area contributed by atoms with Crippen molar-refractivity contribution in [2.45, 2.75) is 13.5 Å². The normalized spacial score (nSPS) is 16.2. The third-order valence-corrected chi connectivity index (χ3v) is 6.21. The van der Waals surface area contributed by atoms with Gasteiger partial charge in [-0.3, -0.25) is 4.79 Å². The maximum absolute atomic E-state index is 13.5. The lowest BCUT2D eigenvalue weighted by molar-refractivity contribution is -0.121. The number of fused-ring (bicyclic) bond motifs is 2. The molecule has 0 bridgehead atoms. The number of benzene rings is 4. The predicted octanol–water partition coefficient (Wildman–Crippen LogP) is 6.52. The van der Waals surface area contributed by atoms with Crippen LogP contribution in [0, 0.1) is 5.92 Å². The summed E-state index contributed by atoms with van der Waals surface area (Å²) in [5.41, 5.74) is 3.67. The Kier molecular flexibility index (Phi) is 5.24. The molecule has 0 saturated heterocycles. The van der Waals surface area contributed by atoms with Gasteiger partial charge in [-0.1, -0.05) is 54.9 Å². The van der Waals surface area contributed by atoms with Crippen molar-refractivity contribution in [2.75, 3.05) is 16.3 Å². The van der Waals surface area contributed by atoms with Crippen molar-refractivity contribution in [3.8, 4) is 5.75 Å². The number of aromatic hydroxyl groups is 1. The Balaban J connectivity index is 1.60. The Labute approximate surface area is 192 Å². The molecule has 0 fully saturated rings. The monoisotopic (exact) mass is 442 g/mol. The summed E-state index contributed by atoms with van der Waals surface area (Å²) in [6.45, 7) is 2.95. The number of hydrogen-bond donors (Lipinski definition) is 1. The van der Waals surface area contributed by atoms with Gasteiger partial charge in [0.2, 0.25) is 5.91 Å². The number of phenols is 1. The summed E-state index contributed by atoms with van der Waals surface area (Å²) in [6, 6.07) is 27.2. The van der Waals surface area contributed by atoms with Gasteiger partial charge in [0.25, 0.3) is 0 Å². The second kappa shape index (κ2) is 8.21. The second-order valence-electron chi connectivity index (χ2n) is 8.27. The van der Waals surface area contributed by atoms with Gasteiger partial charge in [0.05, 0.1) is 23.8 Å². The molecule has 5 heteroatoms. The molecular formula is C27H23ClN2O2. The zero-order valence-electron chi connectivity index (χ0n) is 17.7. The average molecular weight is 443 g/mol. The van der Waals surface area contributed by atoms with Crippen LogP contribution in [0.1, 0.15) is 12.5 Å². The number of amides is 1. The van der Waals surface area contributed by atoms with E-state index in [-0.39, 0.29) is 17.6 Å². The van der Waals surface area contributed by atoms with E-state index in [2.05, 4.69) is 35.2 Å². The van der Waals surface area contributed by atoms with E-state index in [9.17, 15) is 9.90 Å². The zero-order valence-corrected chi connectivity index (χ0v) is 18.5. The van der Waals surface area contributed by atoms with E-state index < -0.39 is 0 Å². The average Bonchev–Trinajstić information content (AvgIpc) is 2.90. The van der Waals surface area contributed by atoms with Gasteiger partial charge in [0.1, 0.15) is 5.75 Å². The van der Waals surface area contributed by atoms with Crippen molar-refractivity contribution in [1.82, 2.24) is 0 Å². The number of hydrogen-bond acceptors (Lipinski definition) is 3. The van der Waals surface area contributed by atoms with Crippen molar-refractivity contribution < 1.29 is 9.90 Å². The van der Waals surface area contributed by atoms with E-state index in [0.29, 0.717) is 18.1 Å². The van der Waals surface area contributed by atoms with Gasteiger partial charge in [0, 0.05) is 17.3 Å². The van der Waals surface area contributed by atoms with Crippen LogP contribution in [-0.2, 0) is 11.3 Å². The number of carbonyl (C=O) groups is 1. The SMILES string of the molecule is CC1CN(c2ccc(O)cc2)c2cc(Cl)ccc2N(Cc2ccc3ccccc3c2)C1=O. The van der Waals surface area contributed by atoms with Crippen molar-refractivity contribution in [3.05, 3.63) is 95.5 Å². The molecule has 1 aliphatic rings. The summed E-state index contributed by atoms with van der Waals surface area (Å²) in [5, 5.41) is 12.7. The Morgan fingerprint density at radius 1 is 0.906 bits per heavy atom. The van der Waals surface area contributed by atoms with Gasteiger partial charge in [-0.05, 0) is 64.9 Å². The lowest BCUT2D eigenvalue weighted by Gasteiger charge is -2.27. The first-order valence-corrected chi connectivity index (χ1v) is 11.0. The van der Waals surface area contributed by atoms with Gasteiger partial charge in [-0.2, -0.15) is 0 Å². The fourth-order valence-electron chi connectivity index (χ4n) is 4.34. The number of rotatable bonds is 3. The molecule has 1 atom stereocenters. The number of anilines is 3. The van der Waals surface area contributed by atoms with Crippen LogP contribution in [0.5, 0.6) is 5.75 Å². The first kappa shape index (κ1) is 20.4. The number of halogens is 1. The van der Waals surface area contributed by atoms with Crippen LogP contribution >= 0.6 is 11.6 Å². The van der Waals surface area contributed by atoms with Crippen molar-refractivity contribution >= 4 is 45.3 Å². The molecule has 4 aromatic rings. The van der Waals surface area contributed by atoms with Crippen LogP contribution in [0.25, 0.3) is 10.8 Å². The van der Waals surface area contributed by atoms with Crippen LogP contribution in [-0.4, -0.2) is 17.6 Å². The first-order chi connectivity index (χ1) is 15.5. The van der Waals surface area contributed by atoms with Crippen LogP contribution < -0.4 is 9.80 Å². The maximum atomic E-state index is 13.5. The van der Waals surface area contributed by atoms with Crippen LogP contribution in [0.15, 0.2) is 84.9 Å². The Hall–Kier alpha value is -3.50. The minimum absolute atomic E-state index is 0.0722. The smallest absolute Gasteiger partial charge is 0.231 e. The van der Waals surface area contributed by atoms with E-state index in [1.54, 1.807) is 12.1 Å². The summed E-state index contributed by atoms with van der Waals surface area (Å²) in [7, 11) is 0. The molecule has 1 aliphatic heterocycles. The van der Waals surface area contributed by atoms with Crippen LogP contribution in [0.4, 0.5) is 17.1 Å². The largest absolute Gasteiger partial charge is 0.508 e. The highest BCUT2D eigenvalue weighted by molar-refractivity contribution is 6.31. The molecule has 0 radical (unpaired) electrons. The lowest BCUT2D eigenvalue weighted by atomic mass is 10.1. The molecule has 0 spiro atoms. The molecule has 32 heavy (non-hydrogen) atoms. The number of phenolic OH excluding ortho intramolecular Hbond substituents is 1. The molecule has 0 saturated carbocycles. The fourth-order valence-corrected chi connectivity index (χ4v) is 4.50. The van der Waals surface area contributed by atoms with Gasteiger partial charge >= 0.3 is 0 Å². The third-order valence-electron chi connectivity index (χ3n) is 5.98. The van der Waals surface area contributed by atoms with E-state index >= 15 is 0 Å². The van der Waals surface area contributed by atoms with E-state index in [1.165, 1.54) is 5.39 Å². The molecule has 1 heterocycles. The standard InChI is InChI=1S/C27H23ClN2O2/c1-18-16-29(23-9-11-24(31)12-10-23)26-15-22(28)8-13-25(26)30(27(18)32)17-19-6-7-20-4-2-3-5-21(20)14-19/h2-15,18,31H,16-17H2,1H3. The first-order valence-electron chi connectivity index (χ1n) is 10.6. The highest BCUT2D eigenvalue weighted by atomic mass is 35.5. The predicted molar refractivity (Wildman–Crippen MR) is 131 cm³/mol. The number of carbonyl (C=O) groups excluding carboxylic acids is 1. The quantitative estimate of drug-likeness (QED) is 0.392. The molecule has 160 valence electrons. The topological polar surface area (TPSA) is 43.8 Å². The van der Waals surface area contributed by atoms with E-state index in [0.717, 1.165) is 28.0 Å². The van der Waals surface area contributed by atoms with Crippen LogP contribution in [0.2, 0.25) is 5.02 Å². The van der Waals surface area contributed by atoms with Gasteiger partial charge in [0.15, 0.2) is 0 Å². The number of nitrogens with zero attached hydrogens (tertiary/aromatic N) is 2. The molecule has 0 aliphatic carbocycles. The fraction of sp³-hybridized carbons (Fsp3) is 0.148. The van der Waals surface area contributed by atoms with Gasteiger partial charge in [-0.15, -0.1) is 0 Å². The zero-order chi connectivity index (χ0) is 22.2. The molecule has 1 amide bonds. The van der Waals surface area contributed by atoms with Crippen molar-refractivity contribution in [2.24, 2.45) is 5.92 Å².